The van der Waals surface area contributed by atoms with Crippen LogP contribution >= 0.6 is 0 Å². The van der Waals surface area contributed by atoms with E-state index in [-0.39, 0.29) is 0 Å². The quantitative estimate of drug-likeness (QED) is 0.895. The smallest absolute Gasteiger partial charge is 0.310 e. The normalized spacial score (nSPS) is 22.0. The highest BCUT2D eigenvalue weighted by molar-refractivity contribution is 5.75. The number of aromatic nitrogens is 2. The van der Waals surface area contributed by atoms with Gasteiger partial charge in [0.15, 0.2) is 0 Å². The van der Waals surface area contributed by atoms with Gasteiger partial charge in [0.2, 0.25) is 5.89 Å². The van der Waals surface area contributed by atoms with Gasteiger partial charge in [0.25, 0.3) is 5.95 Å². The van der Waals surface area contributed by atoms with E-state index in [1.54, 1.807) is 0 Å². The Balaban J connectivity index is 1.73. The van der Waals surface area contributed by atoms with Crippen molar-refractivity contribution in [2.24, 2.45) is 5.41 Å². The van der Waals surface area contributed by atoms with Crippen LogP contribution in [0, 0.1) is 5.41 Å². The predicted molar refractivity (Wildman–Crippen MR) is 68.0 cm³/mol. The van der Waals surface area contributed by atoms with Crippen LogP contribution in [0.3, 0.4) is 0 Å². The number of carbonyl (C=O) groups is 1. The van der Waals surface area contributed by atoms with Gasteiger partial charge in [0.1, 0.15) is 0 Å². The summed E-state index contributed by atoms with van der Waals surface area (Å²) in [6.45, 7) is 1.92. The molecule has 0 atom stereocenters. The average Bonchev–Trinajstić information content (AvgIpc) is 3.10. The third-order valence-electron chi connectivity index (χ3n) is 4.35. The molecular weight excluding hydrogens is 246 g/mol. The SMILES string of the molecule is O=C(O)C1(Cc2nc(N3CCCC3)no2)CCCC1. The maximum atomic E-state index is 11.5. The van der Waals surface area contributed by atoms with Crippen LogP contribution in [0.1, 0.15) is 44.4 Å². The second-order valence-electron chi connectivity index (χ2n) is 5.65. The molecule has 1 aliphatic heterocycles. The van der Waals surface area contributed by atoms with Crippen LogP contribution in [-0.2, 0) is 11.2 Å². The first kappa shape index (κ1) is 12.4. The molecule has 1 aromatic rings. The number of carboxylic acids is 1. The molecule has 0 bridgehead atoms. The molecule has 1 aliphatic carbocycles. The van der Waals surface area contributed by atoms with Gasteiger partial charge in [-0.25, -0.2) is 0 Å². The maximum Gasteiger partial charge on any atom is 0.310 e. The number of rotatable bonds is 4. The van der Waals surface area contributed by atoms with Crippen molar-refractivity contribution >= 4 is 11.9 Å². The zero-order chi connectivity index (χ0) is 13.3. The summed E-state index contributed by atoms with van der Waals surface area (Å²) in [7, 11) is 0. The second-order valence-corrected chi connectivity index (χ2v) is 5.65. The molecule has 2 fully saturated rings. The minimum absolute atomic E-state index is 0.364. The van der Waals surface area contributed by atoms with E-state index in [4.69, 9.17) is 4.52 Å². The zero-order valence-electron chi connectivity index (χ0n) is 11.0. The molecule has 104 valence electrons. The summed E-state index contributed by atoms with van der Waals surface area (Å²) >= 11 is 0. The van der Waals surface area contributed by atoms with E-state index in [1.807, 2.05) is 0 Å². The van der Waals surface area contributed by atoms with Crippen molar-refractivity contribution in [1.29, 1.82) is 0 Å². The fourth-order valence-corrected chi connectivity index (χ4v) is 3.17. The Bertz CT molecular complexity index is 459. The van der Waals surface area contributed by atoms with E-state index in [0.717, 1.165) is 38.8 Å². The molecule has 6 heteroatoms. The average molecular weight is 265 g/mol. The van der Waals surface area contributed by atoms with Crippen LogP contribution in [-0.4, -0.2) is 34.3 Å². The summed E-state index contributed by atoms with van der Waals surface area (Å²) in [6, 6.07) is 0. The van der Waals surface area contributed by atoms with Gasteiger partial charge in [-0.05, 0) is 30.8 Å². The number of hydrogen-bond donors (Lipinski definition) is 1. The van der Waals surface area contributed by atoms with Gasteiger partial charge in [-0.1, -0.05) is 12.8 Å². The summed E-state index contributed by atoms with van der Waals surface area (Å²) in [6.07, 6.45) is 6.04. The molecule has 19 heavy (non-hydrogen) atoms. The third kappa shape index (κ3) is 2.31. The highest BCUT2D eigenvalue weighted by atomic mass is 16.5. The molecule has 2 heterocycles. The molecule has 2 aliphatic rings. The summed E-state index contributed by atoms with van der Waals surface area (Å²) in [5.74, 6) is 0.350. The molecule has 0 radical (unpaired) electrons. The Labute approximate surface area is 111 Å². The molecule has 0 spiro atoms. The first-order chi connectivity index (χ1) is 9.20. The van der Waals surface area contributed by atoms with E-state index in [0.29, 0.717) is 31.1 Å². The third-order valence-corrected chi connectivity index (χ3v) is 4.35. The highest BCUT2D eigenvalue weighted by Crippen LogP contribution is 2.41. The molecule has 0 aromatic carbocycles. The molecule has 6 nitrogen and oxygen atoms in total. The fourth-order valence-electron chi connectivity index (χ4n) is 3.17. The highest BCUT2D eigenvalue weighted by Gasteiger charge is 2.43. The molecule has 1 N–H and O–H groups in total. The lowest BCUT2D eigenvalue weighted by Gasteiger charge is -2.21. The fraction of sp³-hybridized carbons (Fsp3) is 0.769. The van der Waals surface area contributed by atoms with E-state index in [9.17, 15) is 9.90 Å². The first-order valence-electron chi connectivity index (χ1n) is 7.01. The minimum atomic E-state index is -0.731. The maximum absolute atomic E-state index is 11.5. The van der Waals surface area contributed by atoms with Crippen LogP contribution in [0.25, 0.3) is 0 Å². The van der Waals surface area contributed by atoms with Crippen molar-refractivity contribution in [1.82, 2.24) is 10.1 Å². The van der Waals surface area contributed by atoms with E-state index >= 15 is 0 Å². The van der Waals surface area contributed by atoms with Crippen molar-refractivity contribution in [2.75, 3.05) is 18.0 Å². The monoisotopic (exact) mass is 265 g/mol. The topological polar surface area (TPSA) is 79.5 Å². The number of nitrogens with zero attached hydrogens (tertiary/aromatic N) is 3. The van der Waals surface area contributed by atoms with Gasteiger partial charge < -0.3 is 14.5 Å². The Hall–Kier alpha value is -1.59. The summed E-state index contributed by atoms with van der Waals surface area (Å²) in [5.41, 5.74) is -0.686. The number of carboxylic acid groups (broad SMARTS) is 1. The molecule has 0 amide bonds. The van der Waals surface area contributed by atoms with E-state index in [1.165, 1.54) is 0 Å². The van der Waals surface area contributed by atoms with Gasteiger partial charge >= 0.3 is 5.97 Å². The predicted octanol–water partition coefficient (Wildman–Crippen LogP) is 1.86. The summed E-state index contributed by atoms with van der Waals surface area (Å²) < 4.78 is 5.25. The molecule has 3 rings (SSSR count). The Morgan fingerprint density at radius 2 is 1.95 bits per heavy atom. The van der Waals surface area contributed by atoms with Gasteiger partial charge in [0, 0.05) is 19.5 Å². The number of hydrogen-bond acceptors (Lipinski definition) is 5. The molecular formula is C13H19N3O3. The second kappa shape index (κ2) is 4.83. The number of anilines is 1. The van der Waals surface area contributed by atoms with Crippen LogP contribution in [0.2, 0.25) is 0 Å². The van der Waals surface area contributed by atoms with Gasteiger partial charge in [-0.2, -0.15) is 4.98 Å². The Morgan fingerprint density at radius 3 is 2.58 bits per heavy atom. The van der Waals surface area contributed by atoms with Gasteiger partial charge in [-0.15, -0.1) is 0 Å². The van der Waals surface area contributed by atoms with Crippen molar-refractivity contribution in [3.05, 3.63) is 5.89 Å². The lowest BCUT2D eigenvalue weighted by atomic mass is 9.83. The zero-order valence-corrected chi connectivity index (χ0v) is 11.0. The summed E-state index contributed by atoms with van der Waals surface area (Å²) in [4.78, 5) is 18.0. The van der Waals surface area contributed by atoms with Crippen molar-refractivity contribution in [2.45, 2.75) is 44.9 Å². The minimum Gasteiger partial charge on any atom is -0.481 e. The first-order valence-corrected chi connectivity index (χ1v) is 7.01. The van der Waals surface area contributed by atoms with Gasteiger partial charge in [0.05, 0.1) is 5.41 Å². The molecule has 1 saturated carbocycles. The molecule has 1 aromatic heterocycles. The Morgan fingerprint density at radius 1 is 1.26 bits per heavy atom. The lowest BCUT2D eigenvalue weighted by Crippen LogP contribution is -2.30. The van der Waals surface area contributed by atoms with Crippen LogP contribution < -0.4 is 4.90 Å². The van der Waals surface area contributed by atoms with Crippen LogP contribution in [0.15, 0.2) is 4.52 Å². The standard InChI is InChI=1S/C13H19N3O3/c17-11(18)13(5-1-2-6-13)9-10-14-12(15-19-10)16-7-3-4-8-16/h1-9H2,(H,17,18). The van der Waals surface area contributed by atoms with Crippen LogP contribution in [0.5, 0.6) is 0 Å². The number of aliphatic carboxylic acids is 1. The van der Waals surface area contributed by atoms with Crippen molar-refractivity contribution in [3.8, 4) is 0 Å². The van der Waals surface area contributed by atoms with Gasteiger partial charge in [-0.3, -0.25) is 4.79 Å². The lowest BCUT2D eigenvalue weighted by molar-refractivity contribution is -0.148. The molecule has 1 saturated heterocycles. The van der Waals surface area contributed by atoms with Crippen molar-refractivity contribution < 1.29 is 14.4 Å². The Kier molecular flexibility index (Phi) is 3.16. The molecule has 0 unspecified atom stereocenters. The largest absolute Gasteiger partial charge is 0.481 e. The van der Waals surface area contributed by atoms with E-state index < -0.39 is 11.4 Å². The van der Waals surface area contributed by atoms with Crippen LogP contribution in [0.4, 0.5) is 5.95 Å². The van der Waals surface area contributed by atoms with E-state index in [2.05, 4.69) is 15.0 Å². The van der Waals surface area contributed by atoms with Crippen molar-refractivity contribution in [3.63, 3.8) is 0 Å². The summed E-state index contributed by atoms with van der Waals surface area (Å²) in [5, 5.41) is 13.4.